The lowest BCUT2D eigenvalue weighted by Gasteiger charge is -2.10. The molecule has 0 fully saturated rings. The van der Waals surface area contributed by atoms with Crippen LogP contribution in [0.4, 0.5) is 0 Å². The van der Waals surface area contributed by atoms with E-state index >= 15 is 0 Å². The highest BCUT2D eigenvalue weighted by Crippen LogP contribution is 2.24. The molecule has 0 amide bonds. The highest BCUT2D eigenvalue weighted by molar-refractivity contribution is 9.10. The van der Waals surface area contributed by atoms with Gasteiger partial charge in [0.1, 0.15) is 5.56 Å². The number of benzene rings is 1. The zero-order valence-electron chi connectivity index (χ0n) is 10.4. The Morgan fingerprint density at radius 1 is 1.22 bits per heavy atom. The van der Waals surface area contributed by atoms with Crippen LogP contribution in [0.15, 0.2) is 21.4 Å². The topological polar surface area (TPSA) is 54.9 Å². The molecule has 0 aliphatic rings. The molecule has 0 radical (unpaired) electrons. The summed E-state index contributed by atoms with van der Waals surface area (Å²) in [6.45, 7) is 5.63. The molecule has 2 rings (SSSR count). The molecule has 1 aromatic carbocycles. The van der Waals surface area contributed by atoms with Crippen LogP contribution in [-0.4, -0.2) is 16.1 Å². The molecule has 0 aliphatic heterocycles. The summed E-state index contributed by atoms with van der Waals surface area (Å²) >= 11 is 3.45. The molecule has 2 aromatic rings. The van der Waals surface area contributed by atoms with E-state index in [0.717, 1.165) is 21.3 Å². The van der Waals surface area contributed by atoms with Crippen molar-refractivity contribution >= 4 is 22.2 Å². The van der Waals surface area contributed by atoms with Crippen molar-refractivity contribution in [1.82, 2.24) is 9.78 Å². The Kier molecular flexibility index (Phi) is 3.26. The number of halogens is 1. The Labute approximate surface area is 113 Å². The lowest BCUT2D eigenvalue weighted by atomic mass is 10.1. The van der Waals surface area contributed by atoms with Gasteiger partial charge < -0.3 is 0 Å². The van der Waals surface area contributed by atoms with Gasteiger partial charge in [0.15, 0.2) is 6.29 Å². The first-order valence-electron chi connectivity index (χ1n) is 5.50. The smallest absolute Gasteiger partial charge is 0.282 e. The molecule has 0 atom stereocenters. The van der Waals surface area contributed by atoms with Gasteiger partial charge in [0.2, 0.25) is 0 Å². The molecule has 4 nitrogen and oxygen atoms in total. The number of nitrogens with one attached hydrogen (secondary N) is 1. The molecule has 94 valence electrons. The van der Waals surface area contributed by atoms with Crippen molar-refractivity contribution in [1.29, 1.82) is 0 Å². The minimum Gasteiger partial charge on any atom is -0.298 e. The molecule has 1 N–H and O–H groups in total. The van der Waals surface area contributed by atoms with Gasteiger partial charge in [-0.25, -0.2) is 4.68 Å². The third-order valence-corrected chi connectivity index (χ3v) is 4.03. The molecule has 0 spiro atoms. The molecule has 0 aliphatic carbocycles. The van der Waals surface area contributed by atoms with Gasteiger partial charge in [-0.05, 0) is 44.0 Å². The largest absolute Gasteiger partial charge is 0.298 e. The number of rotatable bonds is 2. The van der Waals surface area contributed by atoms with E-state index in [1.807, 2.05) is 26.0 Å². The number of aromatic nitrogens is 2. The Hall–Kier alpha value is -1.62. The van der Waals surface area contributed by atoms with Crippen LogP contribution in [0.3, 0.4) is 0 Å². The van der Waals surface area contributed by atoms with E-state index < -0.39 is 0 Å². The molecule has 0 saturated carbocycles. The van der Waals surface area contributed by atoms with E-state index in [-0.39, 0.29) is 11.1 Å². The maximum absolute atomic E-state index is 12.1. The summed E-state index contributed by atoms with van der Waals surface area (Å²) in [5, 5.41) is 2.93. The standard InChI is InChI=1S/C13H13BrN2O2/c1-7-8(2)12(5-4-11(7)14)16-13(18)10(6-17)9(3)15-16/h4-6,15H,1-3H3. The highest BCUT2D eigenvalue weighted by atomic mass is 79.9. The number of aldehydes is 1. The summed E-state index contributed by atoms with van der Waals surface area (Å²) in [4.78, 5) is 22.9. The fourth-order valence-electron chi connectivity index (χ4n) is 1.88. The van der Waals surface area contributed by atoms with Gasteiger partial charge in [0, 0.05) is 10.2 Å². The predicted molar refractivity (Wildman–Crippen MR) is 73.7 cm³/mol. The van der Waals surface area contributed by atoms with Crippen LogP contribution in [0, 0.1) is 20.8 Å². The second-order valence-corrected chi connectivity index (χ2v) is 5.08. The molecule has 5 heteroatoms. The second-order valence-electron chi connectivity index (χ2n) is 4.23. The van der Waals surface area contributed by atoms with Gasteiger partial charge in [0.25, 0.3) is 5.56 Å². The molecule has 0 bridgehead atoms. The van der Waals surface area contributed by atoms with E-state index in [1.54, 1.807) is 6.92 Å². The first kappa shape index (κ1) is 12.8. The van der Waals surface area contributed by atoms with Gasteiger partial charge in [-0.15, -0.1) is 0 Å². The average Bonchev–Trinajstić information content (AvgIpc) is 2.62. The zero-order chi connectivity index (χ0) is 13.4. The van der Waals surface area contributed by atoms with Crippen molar-refractivity contribution in [2.45, 2.75) is 20.8 Å². The van der Waals surface area contributed by atoms with Crippen molar-refractivity contribution in [2.75, 3.05) is 0 Å². The van der Waals surface area contributed by atoms with E-state index in [2.05, 4.69) is 21.0 Å². The number of carbonyl (C=O) groups is 1. The van der Waals surface area contributed by atoms with Crippen molar-refractivity contribution in [3.05, 3.63) is 49.3 Å². The van der Waals surface area contributed by atoms with E-state index in [4.69, 9.17) is 0 Å². The molecular formula is C13H13BrN2O2. The molecule has 0 saturated heterocycles. The summed E-state index contributed by atoms with van der Waals surface area (Å²) in [6.07, 6.45) is 0.589. The van der Waals surface area contributed by atoms with Gasteiger partial charge in [0.05, 0.1) is 5.69 Å². The lowest BCUT2D eigenvalue weighted by molar-refractivity contribution is 0.112. The molecular weight excluding hydrogens is 296 g/mol. The van der Waals surface area contributed by atoms with Gasteiger partial charge >= 0.3 is 0 Å². The van der Waals surface area contributed by atoms with Crippen LogP contribution >= 0.6 is 15.9 Å². The van der Waals surface area contributed by atoms with Crippen molar-refractivity contribution in [3.8, 4) is 5.69 Å². The fraction of sp³-hybridized carbons (Fsp3) is 0.231. The summed E-state index contributed by atoms with van der Waals surface area (Å²) < 4.78 is 2.41. The number of hydrogen-bond donors (Lipinski definition) is 1. The maximum Gasteiger partial charge on any atom is 0.282 e. The predicted octanol–water partition coefficient (Wildman–Crippen LogP) is 2.67. The molecule has 0 unspecified atom stereocenters. The number of aromatic amines is 1. The molecule has 1 aromatic heterocycles. The summed E-state index contributed by atoms with van der Waals surface area (Å²) in [5.74, 6) is 0. The van der Waals surface area contributed by atoms with Crippen LogP contribution in [0.5, 0.6) is 0 Å². The quantitative estimate of drug-likeness (QED) is 0.867. The number of carbonyl (C=O) groups excluding carboxylic acids is 1. The Balaban J connectivity index is 2.75. The number of H-pyrrole nitrogens is 1. The third kappa shape index (κ3) is 1.84. The average molecular weight is 309 g/mol. The Bertz CT molecular complexity index is 683. The van der Waals surface area contributed by atoms with E-state index in [9.17, 15) is 9.59 Å². The first-order chi connectivity index (χ1) is 8.47. The third-order valence-electron chi connectivity index (χ3n) is 3.17. The minimum atomic E-state index is -0.313. The van der Waals surface area contributed by atoms with Crippen molar-refractivity contribution in [2.24, 2.45) is 0 Å². The number of hydrogen-bond acceptors (Lipinski definition) is 2. The minimum absolute atomic E-state index is 0.176. The second kappa shape index (κ2) is 4.57. The molecule has 18 heavy (non-hydrogen) atoms. The fourth-order valence-corrected chi connectivity index (χ4v) is 2.31. The van der Waals surface area contributed by atoms with E-state index in [1.165, 1.54) is 4.68 Å². The normalized spacial score (nSPS) is 10.7. The van der Waals surface area contributed by atoms with Crippen LogP contribution in [-0.2, 0) is 0 Å². The van der Waals surface area contributed by atoms with Crippen LogP contribution in [0.25, 0.3) is 5.69 Å². The number of aryl methyl sites for hydroxylation is 1. The summed E-state index contributed by atoms with van der Waals surface area (Å²) in [5.41, 5.74) is 3.26. The number of nitrogens with zero attached hydrogens (tertiary/aromatic N) is 1. The van der Waals surface area contributed by atoms with Gasteiger partial charge in [-0.3, -0.25) is 14.7 Å². The van der Waals surface area contributed by atoms with Crippen LogP contribution in [0.2, 0.25) is 0 Å². The highest BCUT2D eigenvalue weighted by Gasteiger charge is 2.14. The van der Waals surface area contributed by atoms with Crippen LogP contribution in [0.1, 0.15) is 27.2 Å². The lowest BCUT2D eigenvalue weighted by Crippen LogP contribution is -2.18. The van der Waals surface area contributed by atoms with Crippen LogP contribution < -0.4 is 5.56 Å². The van der Waals surface area contributed by atoms with Gasteiger partial charge in [-0.2, -0.15) is 0 Å². The van der Waals surface area contributed by atoms with Crippen molar-refractivity contribution < 1.29 is 4.79 Å². The summed E-state index contributed by atoms with van der Waals surface area (Å²) in [7, 11) is 0. The SMILES string of the molecule is Cc1[nH]n(-c2ccc(Br)c(C)c2C)c(=O)c1C=O. The van der Waals surface area contributed by atoms with Crippen molar-refractivity contribution in [3.63, 3.8) is 0 Å². The Morgan fingerprint density at radius 2 is 1.89 bits per heavy atom. The first-order valence-corrected chi connectivity index (χ1v) is 6.29. The van der Waals surface area contributed by atoms with E-state index in [0.29, 0.717) is 12.0 Å². The summed E-state index contributed by atoms with van der Waals surface area (Å²) in [6, 6.07) is 3.74. The zero-order valence-corrected chi connectivity index (χ0v) is 12.0. The maximum atomic E-state index is 12.1. The Morgan fingerprint density at radius 3 is 2.44 bits per heavy atom. The monoisotopic (exact) mass is 308 g/mol. The van der Waals surface area contributed by atoms with Gasteiger partial charge in [-0.1, -0.05) is 15.9 Å². The molecule has 1 heterocycles.